The maximum absolute atomic E-state index is 12.0. The topological polar surface area (TPSA) is 45.8 Å². The average molecular weight is 417 g/mol. The number of aromatic nitrogens is 2. The van der Waals surface area contributed by atoms with Gasteiger partial charge in [0, 0.05) is 16.0 Å². The van der Waals surface area contributed by atoms with E-state index in [0.717, 1.165) is 32.1 Å². The lowest BCUT2D eigenvalue weighted by atomic mass is 10.2. The van der Waals surface area contributed by atoms with Crippen LogP contribution < -0.4 is 5.56 Å². The number of benzene rings is 1. The molecule has 1 fully saturated rings. The molecule has 0 radical (unpaired) electrons. The highest BCUT2D eigenvalue weighted by Gasteiger charge is 2.29. The summed E-state index contributed by atoms with van der Waals surface area (Å²) < 4.78 is 1.67. The SMILES string of the molecule is O=c1[nH]c(-c2ccccc2Br)nc(C2CC2)c1I. The second-order valence-corrected chi connectivity index (χ2v) is 6.30. The van der Waals surface area contributed by atoms with Crippen LogP contribution in [0.15, 0.2) is 33.5 Å². The molecule has 1 aliphatic carbocycles. The Morgan fingerprint density at radius 3 is 2.72 bits per heavy atom. The Balaban J connectivity index is 2.19. The van der Waals surface area contributed by atoms with Crippen molar-refractivity contribution in [1.29, 1.82) is 0 Å². The molecule has 1 aromatic carbocycles. The van der Waals surface area contributed by atoms with Crippen molar-refractivity contribution in [1.82, 2.24) is 9.97 Å². The van der Waals surface area contributed by atoms with Crippen molar-refractivity contribution in [2.24, 2.45) is 0 Å². The van der Waals surface area contributed by atoms with E-state index in [0.29, 0.717) is 11.7 Å². The van der Waals surface area contributed by atoms with Gasteiger partial charge in [-0.3, -0.25) is 4.79 Å². The largest absolute Gasteiger partial charge is 0.306 e. The fraction of sp³-hybridized carbons (Fsp3) is 0.231. The zero-order valence-electron chi connectivity index (χ0n) is 9.41. The Hall–Kier alpha value is -0.690. The minimum Gasteiger partial charge on any atom is -0.306 e. The number of hydrogen-bond donors (Lipinski definition) is 1. The van der Waals surface area contributed by atoms with Crippen LogP contribution in [0.25, 0.3) is 11.4 Å². The Morgan fingerprint density at radius 2 is 2.06 bits per heavy atom. The molecule has 5 heteroatoms. The Morgan fingerprint density at radius 1 is 1.33 bits per heavy atom. The maximum Gasteiger partial charge on any atom is 0.264 e. The van der Waals surface area contributed by atoms with Crippen molar-refractivity contribution in [3.8, 4) is 11.4 Å². The Kier molecular flexibility index (Phi) is 3.27. The third kappa shape index (κ3) is 2.25. The molecule has 0 bridgehead atoms. The van der Waals surface area contributed by atoms with Gasteiger partial charge in [0.05, 0.1) is 9.26 Å². The number of H-pyrrole nitrogens is 1. The molecule has 18 heavy (non-hydrogen) atoms. The molecule has 1 aromatic heterocycles. The van der Waals surface area contributed by atoms with Crippen molar-refractivity contribution >= 4 is 38.5 Å². The monoisotopic (exact) mass is 416 g/mol. The lowest BCUT2D eigenvalue weighted by Gasteiger charge is -2.07. The molecule has 92 valence electrons. The molecule has 3 rings (SSSR count). The summed E-state index contributed by atoms with van der Waals surface area (Å²) in [5.74, 6) is 1.12. The van der Waals surface area contributed by atoms with E-state index in [-0.39, 0.29) is 5.56 Å². The van der Waals surface area contributed by atoms with Crippen LogP contribution in [0.3, 0.4) is 0 Å². The van der Waals surface area contributed by atoms with Crippen molar-refractivity contribution in [3.05, 3.63) is 48.4 Å². The van der Waals surface area contributed by atoms with Gasteiger partial charge in [-0.05, 0) is 41.5 Å². The lowest BCUT2D eigenvalue weighted by Crippen LogP contribution is -2.16. The smallest absolute Gasteiger partial charge is 0.264 e. The van der Waals surface area contributed by atoms with Crippen LogP contribution in [-0.2, 0) is 0 Å². The van der Waals surface area contributed by atoms with E-state index < -0.39 is 0 Å². The van der Waals surface area contributed by atoms with Crippen molar-refractivity contribution < 1.29 is 0 Å². The quantitative estimate of drug-likeness (QED) is 0.759. The molecule has 1 aliphatic rings. The minimum absolute atomic E-state index is 0.0433. The van der Waals surface area contributed by atoms with Crippen LogP contribution in [-0.4, -0.2) is 9.97 Å². The summed E-state index contributed by atoms with van der Waals surface area (Å²) in [6.07, 6.45) is 2.28. The minimum atomic E-state index is -0.0433. The van der Waals surface area contributed by atoms with Gasteiger partial charge in [0.1, 0.15) is 5.82 Å². The highest BCUT2D eigenvalue weighted by atomic mass is 127. The Labute approximate surface area is 126 Å². The number of rotatable bonds is 2. The zero-order valence-corrected chi connectivity index (χ0v) is 13.2. The molecule has 0 saturated heterocycles. The highest BCUT2D eigenvalue weighted by Crippen LogP contribution is 2.40. The summed E-state index contributed by atoms with van der Waals surface area (Å²) in [5, 5.41) is 0. The molecular weight excluding hydrogens is 407 g/mol. The van der Waals surface area contributed by atoms with Crippen LogP contribution in [0.5, 0.6) is 0 Å². The van der Waals surface area contributed by atoms with E-state index >= 15 is 0 Å². The first-order valence-corrected chi connectivity index (χ1v) is 7.58. The fourth-order valence-electron chi connectivity index (χ4n) is 1.88. The number of aromatic amines is 1. The highest BCUT2D eigenvalue weighted by molar-refractivity contribution is 14.1. The van der Waals surface area contributed by atoms with Gasteiger partial charge in [-0.1, -0.05) is 34.1 Å². The number of hydrogen-bond acceptors (Lipinski definition) is 2. The van der Waals surface area contributed by atoms with Crippen molar-refractivity contribution in [2.75, 3.05) is 0 Å². The van der Waals surface area contributed by atoms with E-state index in [9.17, 15) is 4.79 Å². The van der Waals surface area contributed by atoms with Gasteiger partial charge in [-0.15, -0.1) is 0 Å². The van der Waals surface area contributed by atoms with Gasteiger partial charge < -0.3 is 4.98 Å². The van der Waals surface area contributed by atoms with Crippen molar-refractivity contribution in [3.63, 3.8) is 0 Å². The van der Waals surface area contributed by atoms with Gasteiger partial charge in [-0.2, -0.15) is 0 Å². The Bertz CT molecular complexity index is 664. The molecule has 0 amide bonds. The number of nitrogens with zero attached hydrogens (tertiary/aromatic N) is 1. The summed E-state index contributed by atoms with van der Waals surface area (Å²) >= 11 is 5.58. The van der Waals surface area contributed by atoms with E-state index in [1.807, 2.05) is 24.3 Å². The zero-order chi connectivity index (χ0) is 12.7. The summed E-state index contributed by atoms with van der Waals surface area (Å²) in [6.45, 7) is 0. The summed E-state index contributed by atoms with van der Waals surface area (Å²) in [7, 11) is 0. The van der Waals surface area contributed by atoms with E-state index in [4.69, 9.17) is 0 Å². The van der Waals surface area contributed by atoms with E-state index in [1.54, 1.807) is 0 Å². The molecule has 0 atom stereocenters. The predicted molar refractivity (Wildman–Crippen MR) is 82.7 cm³/mol. The van der Waals surface area contributed by atoms with Crippen LogP contribution in [0.1, 0.15) is 24.5 Å². The molecule has 0 unspecified atom stereocenters. The second kappa shape index (κ2) is 4.77. The van der Waals surface area contributed by atoms with Gasteiger partial charge in [0.15, 0.2) is 0 Å². The first-order chi connectivity index (χ1) is 8.66. The number of nitrogens with one attached hydrogen (secondary N) is 1. The average Bonchev–Trinajstić information content (AvgIpc) is 3.17. The summed E-state index contributed by atoms with van der Waals surface area (Å²) in [5.41, 5.74) is 1.83. The first-order valence-electron chi connectivity index (χ1n) is 5.71. The molecular formula is C13H10BrIN2O. The second-order valence-electron chi connectivity index (χ2n) is 4.37. The number of halogens is 2. The molecule has 2 aromatic rings. The first kappa shape index (κ1) is 12.3. The molecule has 0 spiro atoms. The molecule has 1 saturated carbocycles. The lowest BCUT2D eigenvalue weighted by molar-refractivity contribution is 0.957. The van der Waals surface area contributed by atoms with Gasteiger partial charge in [0.2, 0.25) is 0 Å². The fourth-order valence-corrected chi connectivity index (χ4v) is 3.05. The van der Waals surface area contributed by atoms with Crippen molar-refractivity contribution in [2.45, 2.75) is 18.8 Å². The third-order valence-corrected chi connectivity index (χ3v) is 4.72. The molecule has 1 N–H and O–H groups in total. The molecule has 3 nitrogen and oxygen atoms in total. The van der Waals surface area contributed by atoms with Gasteiger partial charge in [-0.25, -0.2) is 4.98 Å². The van der Waals surface area contributed by atoms with Crippen LogP contribution in [0.4, 0.5) is 0 Å². The molecule has 1 heterocycles. The van der Waals surface area contributed by atoms with Gasteiger partial charge >= 0.3 is 0 Å². The summed E-state index contributed by atoms with van der Waals surface area (Å²) in [4.78, 5) is 19.4. The van der Waals surface area contributed by atoms with Crippen LogP contribution >= 0.6 is 38.5 Å². The molecule has 0 aliphatic heterocycles. The third-order valence-electron chi connectivity index (χ3n) is 2.98. The maximum atomic E-state index is 12.0. The van der Waals surface area contributed by atoms with Crippen LogP contribution in [0, 0.1) is 3.57 Å². The van der Waals surface area contributed by atoms with E-state index in [2.05, 4.69) is 48.5 Å². The van der Waals surface area contributed by atoms with E-state index in [1.165, 1.54) is 0 Å². The predicted octanol–water partition coefficient (Wildman–Crippen LogP) is 3.68. The summed E-state index contributed by atoms with van der Waals surface area (Å²) in [6, 6.07) is 7.78. The standard InChI is InChI=1S/C13H10BrIN2O/c14-9-4-2-1-3-8(9)12-16-11(7-5-6-7)10(15)13(18)17-12/h1-4,7H,5-6H2,(H,16,17,18). The normalized spacial score (nSPS) is 14.8. The van der Waals surface area contributed by atoms with Crippen LogP contribution in [0.2, 0.25) is 0 Å². The van der Waals surface area contributed by atoms with Gasteiger partial charge in [0.25, 0.3) is 5.56 Å².